The molecule has 0 unspecified atom stereocenters. The Bertz CT molecular complexity index is 620. The van der Waals surface area contributed by atoms with Crippen molar-refractivity contribution in [3.8, 4) is 5.69 Å². The second-order valence-corrected chi connectivity index (χ2v) is 4.26. The fourth-order valence-corrected chi connectivity index (χ4v) is 1.82. The lowest BCUT2D eigenvalue weighted by Gasteiger charge is -2.04. The number of aromatic carboxylic acids is 1. The van der Waals surface area contributed by atoms with Gasteiger partial charge in [-0.15, -0.1) is 5.10 Å². The third kappa shape index (κ3) is 1.85. The van der Waals surface area contributed by atoms with Gasteiger partial charge in [0.15, 0.2) is 0 Å². The summed E-state index contributed by atoms with van der Waals surface area (Å²) in [4.78, 5) is 14.9. The Morgan fingerprint density at radius 1 is 1.44 bits per heavy atom. The van der Waals surface area contributed by atoms with Crippen molar-refractivity contribution in [3.05, 3.63) is 41.7 Å². The summed E-state index contributed by atoms with van der Waals surface area (Å²) < 4.78 is 14.6. The molecule has 0 aliphatic heterocycles. The molecule has 18 heavy (non-hydrogen) atoms. The lowest BCUT2D eigenvalue weighted by molar-refractivity contribution is 0.0683. The Morgan fingerprint density at radius 2 is 2.22 bits per heavy atom. The van der Waals surface area contributed by atoms with E-state index in [2.05, 4.69) is 10.1 Å². The number of hydrogen-bond donors (Lipinski definition) is 1. The zero-order valence-corrected chi connectivity index (χ0v) is 9.38. The summed E-state index contributed by atoms with van der Waals surface area (Å²) in [5.74, 6) is -0.985. The van der Waals surface area contributed by atoms with Crippen LogP contribution in [-0.2, 0) is 0 Å². The summed E-state index contributed by atoms with van der Waals surface area (Å²) >= 11 is 0. The molecule has 1 saturated carbocycles. The summed E-state index contributed by atoms with van der Waals surface area (Å²) in [5, 5.41) is 12.8. The molecule has 5 nitrogen and oxygen atoms in total. The quantitative estimate of drug-likeness (QED) is 0.900. The average Bonchev–Trinajstić information content (AvgIpc) is 3.07. The van der Waals surface area contributed by atoms with Crippen LogP contribution in [0.15, 0.2) is 24.3 Å². The van der Waals surface area contributed by atoms with E-state index < -0.39 is 5.97 Å². The molecule has 1 aromatic heterocycles. The smallest absolute Gasteiger partial charge is 0.375 e. The maximum Gasteiger partial charge on any atom is 0.375 e. The molecule has 0 saturated heterocycles. The third-order valence-corrected chi connectivity index (χ3v) is 2.82. The van der Waals surface area contributed by atoms with Crippen LogP contribution in [-0.4, -0.2) is 25.8 Å². The summed E-state index contributed by atoms with van der Waals surface area (Å²) in [6.07, 6.45) is 1.93. The zero-order chi connectivity index (χ0) is 12.7. The van der Waals surface area contributed by atoms with Crippen LogP contribution in [0.1, 0.15) is 35.2 Å². The SMILES string of the molecule is O=C(O)c1nc(C2CC2)n(-c2cccc(F)c2)n1. The van der Waals surface area contributed by atoms with E-state index in [0.29, 0.717) is 11.5 Å². The fourth-order valence-electron chi connectivity index (χ4n) is 1.82. The first-order chi connectivity index (χ1) is 8.65. The van der Waals surface area contributed by atoms with Crippen LogP contribution in [0, 0.1) is 5.82 Å². The van der Waals surface area contributed by atoms with Gasteiger partial charge in [-0.3, -0.25) is 0 Å². The van der Waals surface area contributed by atoms with Gasteiger partial charge in [-0.05, 0) is 31.0 Å². The molecule has 0 amide bonds. The molecule has 1 N–H and O–H groups in total. The molecule has 0 atom stereocenters. The Balaban J connectivity index is 2.12. The van der Waals surface area contributed by atoms with Gasteiger partial charge in [-0.25, -0.2) is 18.9 Å². The minimum Gasteiger partial charge on any atom is -0.475 e. The minimum atomic E-state index is -1.17. The number of nitrogens with zero attached hydrogens (tertiary/aromatic N) is 3. The van der Waals surface area contributed by atoms with E-state index in [1.54, 1.807) is 12.1 Å². The van der Waals surface area contributed by atoms with Crippen LogP contribution in [0.25, 0.3) is 5.69 Å². The number of hydrogen-bond acceptors (Lipinski definition) is 3. The lowest BCUT2D eigenvalue weighted by Crippen LogP contribution is -2.03. The van der Waals surface area contributed by atoms with Crippen LogP contribution in [0.5, 0.6) is 0 Å². The maximum absolute atomic E-state index is 13.2. The lowest BCUT2D eigenvalue weighted by atomic mass is 10.3. The molecular weight excluding hydrogens is 237 g/mol. The topological polar surface area (TPSA) is 68.0 Å². The average molecular weight is 247 g/mol. The van der Waals surface area contributed by atoms with Crippen LogP contribution in [0.2, 0.25) is 0 Å². The molecule has 2 aromatic rings. The number of rotatable bonds is 3. The van der Waals surface area contributed by atoms with Crippen molar-refractivity contribution in [3.63, 3.8) is 0 Å². The van der Waals surface area contributed by atoms with Gasteiger partial charge in [-0.2, -0.15) is 0 Å². The highest BCUT2D eigenvalue weighted by atomic mass is 19.1. The second kappa shape index (κ2) is 3.90. The maximum atomic E-state index is 13.2. The van der Waals surface area contributed by atoms with Gasteiger partial charge < -0.3 is 5.11 Å². The molecule has 1 aliphatic carbocycles. The zero-order valence-electron chi connectivity index (χ0n) is 9.38. The van der Waals surface area contributed by atoms with Gasteiger partial charge in [0.2, 0.25) is 0 Å². The standard InChI is InChI=1S/C12H10FN3O2/c13-8-2-1-3-9(6-8)16-11(7-4-5-7)14-10(15-16)12(17)18/h1-3,6-7H,4-5H2,(H,17,18). The van der Waals surface area contributed by atoms with Crippen LogP contribution in [0.4, 0.5) is 4.39 Å². The number of carbonyl (C=O) groups is 1. The third-order valence-electron chi connectivity index (χ3n) is 2.82. The Labute approximate surface area is 102 Å². The summed E-state index contributed by atoms with van der Waals surface area (Å²) in [6.45, 7) is 0. The first kappa shape index (κ1) is 10.9. The Kier molecular flexibility index (Phi) is 2.36. The molecule has 1 aliphatic rings. The van der Waals surface area contributed by atoms with Crippen molar-refractivity contribution in [2.24, 2.45) is 0 Å². The van der Waals surface area contributed by atoms with Gasteiger partial charge in [-0.1, -0.05) is 6.07 Å². The van der Waals surface area contributed by atoms with E-state index >= 15 is 0 Å². The molecule has 0 bridgehead atoms. The van der Waals surface area contributed by atoms with Gasteiger partial charge in [0.05, 0.1) is 5.69 Å². The first-order valence-electron chi connectivity index (χ1n) is 5.61. The molecule has 1 heterocycles. The van der Waals surface area contributed by atoms with E-state index in [0.717, 1.165) is 12.8 Å². The highest BCUT2D eigenvalue weighted by molar-refractivity contribution is 5.83. The van der Waals surface area contributed by atoms with E-state index in [4.69, 9.17) is 5.11 Å². The molecule has 3 rings (SSSR count). The fraction of sp³-hybridized carbons (Fsp3) is 0.250. The van der Waals surface area contributed by atoms with Crippen LogP contribution < -0.4 is 0 Å². The number of halogens is 1. The van der Waals surface area contributed by atoms with Gasteiger partial charge in [0, 0.05) is 5.92 Å². The molecule has 6 heteroatoms. The van der Waals surface area contributed by atoms with E-state index in [1.807, 2.05) is 0 Å². The van der Waals surface area contributed by atoms with Crippen LogP contribution in [0.3, 0.4) is 0 Å². The van der Waals surface area contributed by atoms with E-state index in [1.165, 1.54) is 16.8 Å². The van der Waals surface area contributed by atoms with Crippen molar-refractivity contribution in [1.82, 2.24) is 14.8 Å². The summed E-state index contributed by atoms with van der Waals surface area (Å²) in [6, 6.07) is 5.88. The van der Waals surface area contributed by atoms with Gasteiger partial charge in [0.25, 0.3) is 5.82 Å². The normalized spacial score (nSPS) is 14.7. The molecule has 1 aromatic carbocycles. The minimum absolute atomic E-state index is 0.230. The number of carboxylic acid groups (broad SMARTS) is 1. The predicted molar refractivity (Wildman–Crippen MR) is 60.3 cm³/mol. The first-order valence-corrected chi connectivity index (χ1v) is 5.61. The van der Waals surface area contributed by atoms with Crippen molar-refractivity contribution in [2.75, 3.05) is 0 Å². The monoisotopic (exact) mass is 247 g/mol. The Morgan fingerprint density at radius 3 is 2.83 bits per heavy atom. The molecule has 1 fully saturated rings. The second-order valence-electron chi connectivity index (χ2n) is 4.26. The molecule has 0 radical (unpaired) electrons. The number of benzene rings is 1. The Hall–Kier alpha value is -2.24. The predicted octanol–water partition coefficient (Wildman–Crippen LogP) is 1.98. The number of aromatic nitrogens is 3. The van der Waals surface area contributed by atoms with Crippen molar-refractivity contribution < 1.29 is 14.3 Å². The molecular formula is C12H10FN3O2. The van der Waals surface area contributed by atoms with Crippen molar-refractivity contribution in [2.45, 2.75) is 18.8 Å². The summed E-state index contributed by atoms with van der Waals surface area (Å²) in [7, 11) is 0. The molecule has 92 valence electrons. The highest BCUT2D eigenvalue weighted by Gasteiger charge is 2.31. The summed E-state index contributed by atoms with van der Waals surface area (Å²) in [5.41, 5.74) is 0.497. The van der Waals surface area contributed by atoms with Crippen molar-refractivity contribution in [1.29, 1.82) is 0 Å². The molecule has 0 spiro atoms. The van der Waals surface area contributed by atoms with E-state index in [9.17, 15) is 9.18 Å². The van der Waals surface area contributed by atoms with Gasteiger partial charge >= 0.3 is 5.97 Å². The van der Waals surface area contributed by atoms with E-state index in [-0.39, 0.29) is 17.6 Å². The van der Waals surface area contributed by atoms with Crippen molar-refractivity contribution >= 4 is 5.97 Å². The van der Waals surface area contributed by atoms with Crippen LogP contribution >= 0.6 is 0 Å². The highest BCUT2D eigenvalue weighted by Crippen LogP contribution is 2.39. The largest absolute Gasteiger partial charge is 0.475 e. The number of carboxylic acids is 1. The van der Waals surface area contributed by atoms with Gasteiger partial charge in [0.1, 0.15) is 11.6 Å².